The average Bonchev–Trinajstić information content (AvgIpc) is 2.92. The molecule has 0 bridgehead atoms. The molecule has 0 aromatic carbocycles. The van der Waals surface area contributed by atoms with Gasteiger partial charge in [-0.2, -0.15) is 0 Å². The van der Waals surface area contributed by atoms with Crippen LogP contribution in [0.2, 0.25) is 0 Å². The second kappa shape index (κ2) is 4.76. The van der Waals surface area contributed by atoms with Crippen molar-refractivity contribution >= 4 is 21.4 Å². The van der Waals surface area contributed by atoms with Crippen molar-refractivity contribution in [2.24, 2.45) is 5.92 Å². The van der Waals surface area contributed by atoms with E-state index in [4.69, 9.17) is 4.74 Å². The van der Waals surface area contributed by atoms with Gasteiger partial charge in [0.2, 0.25) is 0 Å². The highest BCUT2D eigenvalue weighted by Gasteiger charge is 2.32. The SMILES string of the molecule is CC[C@H]1O[C@@H](n2ccc3sc(C)cc3c2=O)C[C@H]1C. The molecule has 1 saturated heterocycles. The quantitative estimate of drug-likeness (QED) is 0.838. The molecule has 0 unspecified atom stereocenters. The average molecular weight is 277 g/mol. The van der Waals surface area contributed by atoms with Gasteiger partial charge < -0.3 is 4.74 Å². The summed E-state index contributed by atoms with van der Waals surface area (Å²) < 4.78 is 8.84. The summed E-state index contributed by atoms with van der Waals surface area (Å²) in [4.78, 5) is 13.7. The molecule has 0 radical (unpaired) electrons. The van der Waals surface area contributed by atoms with Gasteiger partial charge in [0.25, 0.3) is 5.56 Å². The molecule has 0 saturated carbocycles. The topological polar surface area (TPSA) is 31.2 Å². The maximum absolute atomic E-state index is 12.5. The molecular weight excluding hydrogens is 258 g/mol. The van der Waals surface area contributed by atoms with Crippen LogP contribution >= 0.6 is 11.3 Å². The first-order valence-corrected chi connectivity index (χ1v) is 7.68. The van der Waals surface area contributed by atoms with Crippen LogP contribution in [0.3, 0.4) is 0 Å². The lowest BCUT2D eigenvalue weighted by atomic mass is 10.0. The first-order chi connectivity index (χ1) is 9.10. The van der Waals surface area contributed by atoms with Crippen LogP contribution in [0.15, 0.2) is 23.1 Å². The fourth-order valence-corrected chi connectivity index (χ4v) is 3.85. The van der Waals surface area contributed by atoms with Crippen LogP contribution in [0.1, 0.15) is 37.8 Å². The Bertz CT molecular complexity index is 658. The van der Waals surface area contributed by atoms with E-state index in [0.29, 0.717) is 5.92 Å². The van der Waals surface area contributed by atoms with Gasteiger partial charge in [0.15, 0.2) is 0 Å². The number of hydrogen-bond acceptors (Lipinski definition) is 3. The van der Waals surface area contributed by atoms with Gasteiger partial charge in [-0.05, 0) is 37.8 Å². The molecule has 1 aliphatic rings. The molecule has 4 heteroatoms. The van der Waals surface area contributed by atoms with Gasteiger partial charge in [-0.3, -0.25) is 9.36 Å². The molecule has 102 valence electrons. The normalized spacial score (nSPS) is 27.2. The Balaban J connectivity index is 2.02. The lowest BCUT2D eigenvalue weighted by molar-refractivity contribution is -0.00654. The van der Waals surface area contributed by atoms with Crippen molar-refractivity contribution in [3.63, 3.8) is 0 Å². The summed E-state index contributed by atoms with van der Waals surface area (Å²) in [7, 11) is 0. The minimum atomic E-state index is -0.0999. The van der Waals surface area contributed by atoms with E-state index in [9.17, 15) is 4.79 Å². The van der Waals surface area contributed by atoms with Crippen molar-refractivity contribution in [3.8, 4) is 0 Å². The maximum Gasteiger partial charge on any atom is 0.261 e. The zero-order valence-corrected chi connectivity index (χ0v) is 12.4. The summed E-state index contributed by atoms with van der Waals surface area (Å²) in [5.74, 6) is 0.516. The first-order valence-electron chi connectivity index (χ1n) is 6.87. The van der Waals surface area contributed by atoms with E-state index in [1.54, 1.807) is 15.9 Å². The smallest absolute Gasteiger partial charge is 0.261 e. The van der Waals surface area contributed by atoms with Crippen LogP contribution in [0.4, 0.5) is 0 Å². The molecule has 0 aliphatic carbocycles. The van der Waals surface area contributed by atoms with Crippen molar-refractivity contribution in [2.75, 3.05) is 0 Å². The highest BCUT2D eigenvalue weighted by atomic mass is 32.1. The number of aryl methyl sites for hydroxylation is 1. The van der Waals surface area contributed by atoms with Crippen LogP contribution in [0.5, 0.6) is 0 Å². The molecule has 19 heavy (non-hydrogen) atoms. The van der Waals surface area contributed by atoms with E-state index in [1.807, 2.05) is 25.3 Å². The lowest BCUT2D eigenvalue weighted by Crippen LogP contribution is -2.24. The minimum Gasteiger partial charge on any atom is -0.354 e. The molecule has 3 atom stereocenters. The Labute approximate surface area is 116 Å². The van der Waals surface area contributed by atoms with Crippen molar-refractivity contribution in [1.29, 1.82) is 0 Å². The summed E-state index contributed by atoms with van der Waals surface area (Å²) in [6, 6.07) is 4.01. The van der Waals surface area contributed by atoms with Crippen molar-refractivity contribution in [2.45, 2.75) is 45.9 Å². The van der Waals surface area contributed by atoms with Crippen LogP contribution in [-0.4, -0.2) is 10.7 Å². The summed E-state index contributed by atoms with van der Waals surface area (Å²) in [6.45, 7) is 6.37. The number of fused-ring (bicyclic) bond motifs is 1. The summed E-state index contributed by atoms with van der Waals surface area (Å²) in [5.41, 5.74) is 0.0794. The summed E-state index contributed by atoms with van der Waals surface area (Å²) in [5, 5.41) is 0.821. The third-order valence-electron chi connectivity index (χ3n) is 3.99. The lowest BCUT2D eigenvalue weighted by Gasteiger charge is -2.15. The zero-order valence-electron chi connectivity index (χ0n) is 11.6. The van der Waals surface area contributed by atoms with Gasteiger partial charge in [0.05, 0.1) is 11.5 Å². The van der Waals surface area contributed by atoms with Gasteiger partial charge in [-0.25, -0.2) is 0 Å². The highest BCUT2D eigenvalue weighted by Crippen LogP contribution is 2.34. The predicted molar refractivity (Wildman–Crippen MR) is 78.8 cm³/mol. The number of pyridine rings is 1. The van der Waals surface area contributed by atoms with Crippen LogP contribution in [0, 0.1) is 12.8 Å². The molecule has 1 aliphatic heterocycles. The Morgan fingerprint density at radius 2 is 2.32 bits per heavy atom. The van der Waals surface area contributed by atoms with Crippen LogP contribution in [-0.2, 0) is 4.74 Å². The summed E-state index contributed by atoms with van der Waals surface area (Å²) >= 11 is 1.67. The Hall–Kier alpha value is -1.13. The predicted octanol–water partition coefficient (Wildman–Crippen LogP) is 3.71. The standard InChI is InChI=1S/C15H19NO2S/c1-4-12-9(2)7-14(18-12)16-6-5-13-11(15(16)17)8-10(3)19-13/h5-6,8-9,12,14H,4,7H2,1-3H3/t9-,12-,14-/m1/s1. The molecule has 1 fully saturated rings. The van der Waals surface area contributed by atoms with Gasteiger partial charge in [-0.15, -0.1) is 11.3 Å². The zero-order chi connectivity index (χ0) is 13.6. The Kier molecular flexibility index (Phi) is 3.23. The Morgan fingerprint density at radius 3 is 3.00 bits per heavy atom. The van der Waals surface area contributed by atoms with Crippen molar-refractivity contribution in [1.82, 2.24) is 4.57 Å². The largest absolute Gasteiger partial charge is 0.354 e. The highest BCUT2D eigenvalue weighted by molar-refractivity contribution is 7.18. The monoisotopic (exact) mass is 277 g/mol. The molecule has 3 heterocycles. The van der Waals surface area contributed by atoms with Crippen molar-refractivity contribution < 1.29 is 4.74 Å². The van der Waals surface area contributed by atoms with Crippen LogP contribution < -0.4 is 5.56 Å². The van der Waals surface area contributed by atoms with Gasteiger partial charge in [0.1, 0.15) is 6.23 Å². The number of nitrogens with zero attached hydrogens (tertiary/aromatic N) is 1. The van der Waals surface area contributed by atoms with E-state index in [-0.39, 0.29) is 17.9 Å². The van der Waals surface area contributed by atoms with E-state index >= 15 is 0 Å². The fraction of sp³-hybridized carbons (Fsp3) is 0.533. The maximum atomic E-state index is 12.5. The fourth-order valence-electron chi connectivity index (χ4n) is 2.94. The minimum absolute atomic E-state index is 0.0794. The van der Waals surface area contributed by atoms with Crippen molar-refractivity contribution in [3.05, 3.63) is 33.6 Å². The Morgan fingerprint density at radius 1 is 1.53 bits per heavy atom. The van der Waals surface area contributed by atoms with E-state index in [0.717, 1.165) is 22.9 Å². The third-order valence-corrected chi connectivity index (χ3v) is 5.00. The third kappa shape index (κ3) is 2.13. The molecule has 0 spiro atoms. The molecule has 3 nitrogen and oxygen atoms in total. The molecule has 0 N–H and O–H groups in total. The van der Waals surface area contributed by atoms with E-state index in [2.05, 4.69) is 13.8 Å². The number of hydrogen-bond donors (Lipinski definition) is 0. The number of thiophene rings is 1. The van der Waals surface area contributed by atoms with Gasteiger partial charge >= 0.3 is 0 Å². The van der Waals surface area contributed by atoms with E-state index in [1.165, 1.54) is 4.88 Å². The number of aromatic nitrogens is 1. The van der Waals surface area contributed by atoms with E-state index < -0.39 is 0 Å². The molecule has 2 aromatic heterocycles. The van der Waals surface area contributed by atoms with Gasteiger partial charge in [-0.1, -0.05) is 13.8 Å². The number of ether oxygens (including phenoxy) is 1. The second-order valence-electron chi connectivity index (χ2n) is 5.41. The molecular formula is C15H19NO2S. The van der Waals surface area contributed by atoms with Gasteiger partial charge in [0, 0.05) is 15.8 Å². The first kappa shape index (κ1) is 12.9. The molecule has 3 rings (SSSR count). The molecule has 0 amide bonds. The second-order valence-corrected chi connectivity index (χ2v) is 6.70. The number of rotatable bonds is 2. The van der Waals surface area contributed by atoms with Crippen LogP contribution in [0.25, 0.3) is 10.1 Å². The summed E-state index contributed by atoms with van der Waals surface area (Å²) in [6.07, 6.45) is 3.99. The molecule has 2 aromatic rings.